The molecule has 24 heavy (non-hydrogen) atoms. The molecular weight excluding hydrogens is 304 g/mol. The number of amides is 1. The largest absolute Gasteiger partial charge is 0.396 e. The number of nitrogens with zero attached hydrogens (tertiary/aromatic N) is 2. The van der Waals surface area contributed by atoms with Crippen LogP contribution < -0.4 is 5.32 Å². The summed E-state index contributed by atoms with van der Waals surface area (Å²) in [6.07, 6.45) is 5.77. The molecule has 1 aromatic carbocycles. The van der Waals surface area contributed by atoms with Gasteiger partial charge in [-0.2, -0.15) is 5.10 Å². The molecule has 1 aliphatic rings. The van der Waals surface area contributed by atoms with Gasteiger partial charge in [0.25, 0.3) is 5.91 Å². The van der Waals surface area contributed by atoms with E-state index in [9.17, 15) is 9.90 Å². The third-order valence-electron chi connectivity index (χ3n) is 4.53. The molecule has 1 saturated heterocycles. The standard InChI is InChI=1S/C18H24N4O2/c23-13-14-3-2-7-22(12-14)8-6-19-18(24)16-5-1-4-15(9-16)17-10-20-21-11-17/h1,4-5,9-11,14,23H,2-3,6-8,12-13H2,(H,19,24)(H,20,21)/t14-/m1/s1. The third-order valence-corrected chi connectivity index (χ3v) is 4.53. The number of rotatable bonds is 6. The molecule has 6 nitrogen and oxygen atoms in total. The van der Waals surface area contributed by atoms with Crippen molar-refractivity contribution in [2.75, 3.05) is 32.8 Å². The molecule has 0 unspecified atom stereocenters. The number of aliphatic hydroxyl groups excluding tert-OH is 1. The van der Waals surface area contributed by atoms with Crippen LogP contribution in [0.2, 0.25) is 0 Å². The first-order valence-electron chi connectivity index (χ1n) is 8.47. The molecule has 0 aliphatic carbocycles. The molecule has 1 aliphatic heterocycles. The van der Waals surface area contributed by atoms with E-state index in [2.05, 4.69) is 20.4 Å². The average Bonchev–Trinajstić information content (AvgIpc) is 3.17. The number of piperidine rings is 1. The average molecular weight is 328 g/mol. The van der Waals surface area contributed by atoms with Gasteiger partial charge in [-0.15, -0.1) is 0 Å². The molecule has 0 bridgehead atoms. The van der Waals surface area contributed by atoms with Crippen molar-refractivity contribution in [1.82, 2.24) is 20.4 Å². The minimum absolute atomic E-state index is 0.0592. The molecule has 1 atom stereocenters. The second-order valence-corrected chi connectivity index (χ2v) is 6.32. The Balaban J connectivity index is 1.51. The molecule has 128 valence electrons. The van der Waals surface area contributed by atoms with Gasteiger partial charge in [0.1, 0.15) is 0 Å². The molecule has 1 aromatic heterocycles. The topological polar surface area (TPSA) is 81.2 Å². The quantitative estimate of drug-likeness (QED) is 0.751. The maximum atomic E-state index is 12.3. The van der Waals surface area contributed by atoms with Gasteiger partial charge in [0.15, 0.2) is 0 Å². The Bertz CT molecular complexity index is 657. The van der Waals surface area contributed by atoms with Crippen LogP contribution >= 0.6 is 0 Å². The van der Waals surface area contributed by atoms with Crippen LogP contribution in [0.25, 0.3) is 11.1 Å². The molecule has 2 aromatic rings. The number of H-pyrrole nitrogens is 1. The fraction of sp³-hybridized carbons (Fsp3) is 0.444. The smallest absolute Gasteiger partial charge is 0.251 e. The van der Waals surface area contributed by atoms with Crippen molar-refractivity contribution in [3.05, 3.63) is 42.2 Å². The van der Waals surface area contributed by atoms with Gasteiger partial charge in [-0.3, -0.25) is 9.89 Å². The van der Waals surface area contributed by atoms with E-state index in [1.807, 2.05) is 30.5 Å². The van der Waals surface area contributed by atoms with Crippen LogP contribution in [-0.2, 0) is 0 Å². The minimum Gasteiger partial charge on any atom is -0.396 e. The van der Waals surface area contributed by atoms with Crippen molar-refractivity contribution in [3.8, 4) is 11.1 Å². The number of carbonyl (C=O) groups is 1. The van der Waals surface area contributed by atoms with Crippen LogP contribution in [0.15, 0.2) is 36.7 Å². The lowest BCUT2D eigenvalue weighted by molar-refractivity contribution is 0.0930. The van der Waals surface area contributed by atoms with Crippen LogP contribution in [0, 0.1) is 5.92 Å². The van der Waals surface area contributed by atoms with Crippen LogP contribution in [0.1, 0.15) is 23.2 Å². The highest BCUT2D eigenvalue weighted by Crippen LogP contribution is 2.19. The van der Waals surface area contributed by atoms with Gasteiger partial charge in [-0.1, -0.05) is 12.1 Å². The summed E-state index contributed by atoms with van der Waals surface area (Å²) in [5.74, 6) is 0.317. The first kappa shape index (κ1) is 16.7. The summed E-state index contributed by atoms with van der Waals surface area (Å²) in [6, 6.07) is 7.54. The fourth-order valence-corrected chi connectivity index (χ4v) is 3.18. The van der Waals surface area contributed by atoms with Gasteiger partial charge >= 0.3 is 0 Å². The maximum Gasteiger partial charge on any atom is 0.251 e. The lowest BCUT2D eigenvalue weighted by Crippen LogP contribution is -2.41. The molecule has 1 fully saturated rings. The normalized spacial score (nSPS) is 18.5. The number of carbonyl (C=O) groups excluding carboxylic acids is 1. The van der Waals surface area contributed by atoms with Crippen molar-refractivity contribution in [3.63, 3.8) is 0 Å². The van der Waals surface area contributed by atoms with Crippen molar-refractivity contribution < 1.29 is 9.90 Å². The molecule has 0 spiro atoms. The van der Waals surface area contributed by atoms with Crippen molar-refractivity contribution in [1.29, 1.82) is 0 Å². The second-order valence-electron chi connectivity index (χ2n) is 6.32. The zero-order chi connectivity index (χ0) is 16.8. The number of hydrogen-bond acceptors (Lipinski definition) is 4. The van der Waals surface area contributed by atoms with E-state index >= 15 is 0 Å². The molecule has 6 heteroatoms. The van der Waals surface area contributed by atoms with E-state index in [-0.39, 0.29) is 12.5 Å². The number of nitrogens with one attached hydrogen (secondary N) is 2. The van der Waals surface area contributed by atoms with E-state index in [1.165, 1.54) is 0 Å². The highest BCUT2D eigenvalue weighted by molar-refractivity contribution is 5.95. The van der Waals surface area contributed by atoms with Crippen LogP contribution in [0.4, 0.5) is 0 Å². The highest BCUT2D eigenvalue weighted by atomic mass is 16.3. The number of aromatic nitrogens is 2. The summed E-state index contributed by atoms with van der Waals surface area (Å²) < 4.78 is 0. The number of hydrogen-bond donors (Lipinski definition) is 3. The van der Waals surface area contributed by atoms with Crippen molar-refractivity contribution >= 4 is 5.91 Å². The van der Waals surface area contributed by atoms with Gasteiger partial charge in [0.2, 0.25) is 0 Å². The van der Waals surface area contributed by atoms with E-state index in [0.29, 0.717) is 18.0 Å². The van der Waals surface area contributed by atoms with Gasteiger partial charge in [-0.05, 0) is 43.0 Å². The number of aliphatic hydroxyl groups is 1. The van der Waals surface area contributed by atoms with Gasteiger partial charge in [0.05, 0.1) is 6.20 Å². The molecule has 0 radical (unpaired) electrons. The molecule has 3 rings (SSSR count). The first-order chi connectivity index (χ1) is 11.8. The third kappa shape index (κ3) is 4.21. The zero-order valence-electron chi connectivity index (χ0n) is 13.7. The van der Waals surface area contributed by atoms with Gasteiger partial charge < -0.3 is 15.3 Å². The van der Waals surface area contributed by atoms with Crippen LogP contribution in [-0.4, -0.2) is 58.9 Å². The Labute approximate surface area is 141 Å². The zero-order valence-corrected chi connectivity index (χ0v) is 13.7. The van der Waals surface area contributed by atoms with Crippen LogP contribution in [0.5, 0.6) is 0 Å². The Morgan fingerprint density at radius 3 is 3.12 bits per heavy atom. The summed E-state index contributed by atoms with van der Waals surface area (Å²) in [5.41, 5.74) is 2.59. The van der Waals surface area contributed by atoms with Gasteiger partial charge in [-0.25, -0.2) is 0 Å². The summed E-state index contributed by atoms with van der Waals surface area (Å²) in [5, 5.41) is 19.0. The number of likely N-dealkylation sites (tertiary alicyclic amines) is 1. The predicted molar refractivity (Wildman–Crippen MR) is 92.6 cm³/mol. The molecule has 0 saturated carbocycles. The Morgan fingerprint density at radius 2 is 2.33 bits per heavy atom. The van der Waals surface area contributed by atoms with Crippen molar-refractivity contribution in [2.24, 2.45) is 5.92 Å². The van der Waals surface area contributed by atoms with E-state index in [0.717, 1.165) is 43.6 Å². The number of benzene rings is 1. The van der Waals surface area contributed by atoms with Crippen molar-refractivity contribution in [2.45, 2.75) is 12.8 Å². The lowest BCUT2D eigenvalue weighted by Gasteiger charge is -2.31. The molecule has 1 amide bonds. The molecule has 3 N–H and O–H groups in total. The predicted octanol–water partition coefficient (Wildman–Crippen LogP) is 1.51. The Kier molecular flexibility index (Phi) is 5.61. The maximum absolute atomic E-state index is 12.3. The van der Waals surface area contributed by atoms with E-state index in [1.54, 1.807) is 6.20 Å². The molecular formula is C18H24N4O2. The lowest BCUT2D eigenvalue weighted by atomic mass is 9.99. The Hall–Kier alpha value is -2.18. The van der Waals surface area contributed by atoms with E-state index in [4.69, 9.17) is 0 Å². The number of aromatic amines is 1. The fourth-order valence-electron chi connectivity index (χ4n) is 3.18. The van der Waals surface area contributed by atoms with Gasteiger partial charge in [0, 0.05) is 43.6 Å². The summed E-state index contributed by atoms with van der Waals surface area (Å²) >= 11 is 0. The van der Waals surface area contributed by atoms with E-state index < -0.39 is 0 Å². The minimum atomic E-state index is -0.0592. The second kappa shape index (κ2) is 8.08. The first-order valence-corrected chi connectivity index (χ1v) is 8.47. The summed E-state index contributed by atoms with van der Waals surface area (Å²) in [6.45, 7) is 3.66. The summed E-state index contributed by atoms with van der Waals surface area (Å²) in [7, 11) is 0. The summed E-state index contributed by atoms with van der Waals surface area (Å²) in [4.78, 5) is 14.6. The highest BCUT2D eigenvalue weighted by Gasteiger charge is 2.18. The molecule has 2 heterocycles. The SMILES string of the molecule is O=C(NCCN1CCC[C@@H](CO)C1)c1cccc(-c2cn[nH]c2)c1. The monoisotopic (exact) mass is 328 g/mol. The Morgan fingerprint density at radius 1 is 1.42 bits per heavy atom. The van der Waals surface area contributed by atoms with Crippen LogP contribution in [0.3, 0.4) is 0 Å².